The van der Waals surface area contributed by atoms with Crippen LogP contribution in [0.2, 0.25) is 0 Å². The lowest BCUT2D eigenvalue weighted by Gasteiger charge is -2.10. The monoisotopic (exact) mass is 218 g/mol. The van der Waals surface area contributed by atoms with Gasteiger partial charge in [-0.1, -0.05) is 49.9 Å². The van der Waals surface area contributed by atoms with E-state index in [0.29, 0.717) is 0 Å². The molecule has 88 valence electrons. The molecular formula is C15H22O. The van der Waals surface area contributed by atoms with Gasteiger partial charge in [0.25, 0.3) is 0 Å². The Morgan fingerprint density at radius 3 is 2.25 bits per heavy atom. The van der Waals surface area contributed by atoms with Gasteiger partial charge in [0.1, 0.15) is 0 Å². The van der Waals surface area contributed by atoms with Crippen LogP contribution in [0.25, 0.3) is 0 Å². The second kappa shape index (κ2) is 6.05. The Labute approximate surface area is 98.5 Å². The van der Waals surface area contributed by atoms with Crippen molar-refractivity contribution >= 4 is 0 Å². The van der Waals surface area contributed by atoms with Crippen molar-refractivity contribution < 1.29 is 5.11 Å². The second-order valence-electron chi connectivity index (χ2n) is 4.98. The fourth-order valence-corrected chi connectivity index (χ4v) is 2.46. The minimum Gasteiger partial charge on any atom is -0.393 e. The van der Waals surface area contributed by atoms with Crippen LogP contribution in [-0.2, 0) is 12.8 Å². The Kier molecular flexibility index (Phi) is 4.41. The van der Waals surface area contributed by atoms with E-state index in [-0.39, 0.29) is 6.10 Å². The van der Waals surface area contributed by atoms with Crippen LogP contribution in [0, 0.1) is 0 Å². The molecule has 16 heavy (non-hydrogen) atoms. The summed E-state index contributed by atoms with van der Waals surface area (Å²) < 4.78 is 0. The lowest BCUT2D eigenvalue weighted by atomic mass is 10.0. The Morgan fingerprint density at radius 2 is 1.44 bits per heavy atom. The molecule has 1 N–H and O–H groups in total. The van der Waals surface area contributed by atoms with Crippen LogP contribution in [0.3, 0.4) is 0 Å². The summed E-state index contributed by atoms with van der Waals surface area (Å²) in [7, 11) is 0. The number of fused-ring (bicyclic) bond motifs is 10. The number of aliphatic hydroxyl groups is 1. The highest BCUT2D eigenvalue weighted by atomic mass is 16.3. The lowest BCUT2D eigenvalue weighted by molar-refractivity contribution is 0.161. The van der Waals surface area contributed by atoms with Gasteiger partial charge >= 0.3 is 0 Å². The quantitative estimate of drug-likeness (QED) is 0.706. The van der Waals surface area contributed by atoms with Crippen molar-refractivity contribution in [1.29, 1.82) is 0 Å². The molecule has 0 unspecified atom stereocenters. The molecule has 0 saturated heterocycles. The molecule has 0 radical (unpaired) electrons. The normalized spacial score (nSPS) is 23.2. The fraction of sp³-hybridized carbons (Fsp3) is 0.600. The van der Waals surface area contributed by atoms with Crippen molar-refractivity contribution in [3.05, 3.63) is 35.4 Å². The molecule has 1 heteroatoms. The molecule has 0 fully saturated rings. The summed E-state index contributed by atoms with van der Waals surface area (Å²) in [6, 6.07) is 8.80. The molecule has 3 rings (SSSR count). The second-order valence-corrected chi connectivity index (χ2v) is 4.98. The van der Waals surface area contributed by atoms with Crippen LogP contribution in [-0.4, -0.2) is 11.2 Å². The molecule has 2 bridgehead atoms. The van der Waals surface area contributed by atoms with Gasteiger partial charge in [-0.25, -0.2) is 0 Å². The number of aryl methyl sites for hydroxylation is 1. The Hall–Kier alpha value is -0.820. The number of benzene rings is 1. The van der Waals surface area contributed by atoms with Crippen LogP contribution < -0.4 is 0 Å². The fourth-order valence-electron chi connectivity index (χ4n) is 2.46. The van der Waals surface area contributed by atoms with Crippen LogP contribution >= 0.6 is 0 Å². The predicted molar refractivity (Wildman–Crippen MR) is 67.6 cm³/mol. The molecule has 0 amide bonds. The minimum absolute atomic E-state index is 0.147. The van der Waals surface area contributed by atoms with E-state index in [1.54, 1.807) is 0 Å². The third-order valence-corrected chi connectivity index (χ3v) is 3.50. The van der Waals surface area contributed by atoms with Crippen LogP contribution in [0.5, 0.6) is 0 Å². The summed E-state index contributed by atoms with van der Waals surface area (Å²) in [5, 5.41) is 9.89. The maximum Gasteiger partial charge on any atom is 0.0580 e. The van der Waals surface area contributed by atoms with E-state index in [9.17, 15) is 5.11 Å². The van der Waals surface area contributed by atoms with E-state index in [2.05, 4.69) is 24.3 Å². The highest BCUT2D eigenvalue weighted by Gasteiger charge is 2.06. The van der Waals surface area contributed by atoms with Crippen LogP contribution in [0.4, 0.5) is 0 Å². The van der Waals surface area contributed by atoms with E-state index in [1.165, 1.54) is 49.7 Å². The van der Waals surface area contributed by atoms with E-state index < -0.39 is 0 Å². The van der Waals surface area contributed by atoms with E-state index >= 15 is 0 Å². The molecule has 0 heterocycles. The molecule has 1 atom stereocenters. The molecular weight excluding hydrogens is 196 g/mol. The van der Waals surface area contributed by atoms with Crippen molar-refractivity contribution in [2.24, 2.45) is 0 Å². The molecule has 1 aromatic rings. The zero-order valence-corrected chi connectivity index (χ0v) is 9.99. The summed E-state index contributed by atoms with van der Waals surface area (Å²) in [4.78, 5) is 0. The maximum absolute atomic E-state index is 9.89. The first kappa shape index (κ1) is 11.7. The zero-order valence-electron chi connectivity index (χ0n) is 9.99. The first-order chi connectivity index (χ1) is 7.84. The molecule has 1 aromatic carbocycles. The van der Waals surface area contributed by atoms with Gasteiger partial charge in [0.05, 0.1) is 6.10 Å². The number of hydrogen-bond acceptors (Lipinski definition) is 1. The standard InChI is InChI=1S/C15H22O/c16-15-7-5-3-1-2-4-6-13-8-10-14(12-15)11-9-13/h8-11,15-16H,1-7,12H2/t15-/m1/s1. The smallest absolute Gasteiger partial charge is 0.0580 e. The Morgan fingerprint density at radius 1 is 0.812 bits per heavy atom. The molecule has 0 saturated carbocycles. The lowest BCUT2D eigenvalue weighted by Crippen LogP contribution is -2.10. The molecule has 2 aliphatic rings. The Balaban J connectivity index is 2.03. The van der Waals surface area contributed by atoms with Gasteiger partial charge < -0.3 is 5.11 Å². The summed E-state index contributed by atoms with van der Waals surface area (Å²) in [5.74, 6) is 0. The number of hydrogen-bond donors (Lipinski definition) is 1. The van der Waals surface area contributed by atoms with Gasteiger partial charge in [-0.3, -0.25) is 0 Å². The van der Waals surface area contributed by atoms with Gasteiger partial charge in [-0.05, 0) is 36.8 Å². The first-order valence-electron chi connectivity index (χ1n) is 6.60. The SMILES string of the molecule is O[C@@H]1CCCCCCCc2ccc(cc2)C1. The van der Waals surface area contributed by atoms with Gasteiger partial charge in [0, 0.05) is 0 Å². The van der Waals surface area contributed by atoms with Crippen molar-refractivity contribution in [2.75, 3.05) is 0 Å². The topological polar surface area (TPSA) is 20.2 Å². The average Bonchev–Trinajstić information content (AvgIpc) is 2.32. The minimum atomic E-state index is -0.147. The predicted octanol–water partition coefficient (Wildman–Crippen LogP) is 3.49. The van der Waals surface area contributed by atoms with Crippen molar-refractivity contribution in [2.45, 2.75) is 57.5 Å². The van der Waals surface area contributed by atoms with Gasteiger partial charge in [0.15, 0.2) is 0 Å². The highest BCUT2D eigenvalue weighted by Crippen LogP contribution is 2.16. The van der Waals surface area contributed by atoms with Crippen molar-refractivity contribution in [1.82, 2.24) is 0 Å². The summed E-state index contributed by atoms with van der Waals surface area (Å²) in [5.41, 5.74) is 2.72. The van der Waals surface area contributed by atoms with Crippen LogP contribution in [0.15, 0.2) is 24.3 Å². The third-order valence-electron chi connectivity index (χ3n) is 3.50. The average molecular weight is 218 g/mol. The zero-order chi connectivity index (χ0) is 11.2. The molecule has 0 spiro atoms. The maximum atomic E-state index is 9.89. The summed E-state index contributed by atoms with van der Waals surface area (Å²) >= 11 is 0. The van der Waals surface area contributed by atoms with Crippen LogP contribution in [0.1, 0.15) is 49.7 Å². The van der Waals surface area contributed by atoms with Gasteiger partial charge in [-0.15, -0.1) is 0 Å². The highest BCUT2D eigenvalue weighted by molar-refractivity contribution is 5.23. The Bertz CT molecular complexity index is 302. The number of aliphatic hydroxyl groups excluding tert-OH is 1. The molecule has 0 aliphatic heterocycles. The number of rotatable bonds is 0. The van der Waals surface area contributed by atoms with E-state index in [1.807, 2.05) is 0 Å². The van der Waals surface area contributed by atoms with E-state index in [0.717, 1.165) is 12.8 Å². The first-order valence-corrected chi connectivity index (χ1v) is 6.60. The van der Waals surface area contributed by atoms with Gasteiger partial charge in [0.2, 0.25) is 0 Å². The molecule has 2 aliphatic carbocycles. The van der Waals surface area contributed by atoms with Gasteiger partial charge in [-0.2, -0.15) is 0 Å². The third kappa shape index (κ3) is 3.64. The summed E-state index contributed by atoms with van der Waals surface area (Å²) in [6.07, 6.45) is 9.27. The van der Waals surface area contributed by atoms with Crippen molar-refractivity contribution in [3.63, 3.8) is 0 Å². The summed E-state index contributed by atoms with van der Waals surface area (Å²) in [6.45, 7) is 0. The van der Waals surface area contributed by atoms with Crippen molar-refractivity contribution in [3.8, 4) is 0 Å². The molecule has 1 nitrogen and oxygen atoms in total. The largest absolute Gasteiger partial charge is 0.393 e. The molecule has 0 aromatic heterocycles. The van der Waals surface area contributed by atoms with E-state index in [4.69, 9.17) is 0 Å².